The fourth-order valence-electron chi connectivity index (χ4n) is 6.97. The third-order valence-corrected chi connectivity index (χ3v) is 10.4. The van der Waals surface area contributed by atoms with Crippen molar-refractivity contribution in [2.24, 2.45) is 0 Å². The van der Waals surface area contributed by atoms with Gasteiger partial charge in [0.1, 0.15) is 10.1 Å². The SMILES string of the molecule is N=C(SC(=N)c1cccc(-c2cccc(-c3cc(-c4ccccc4)c(-c4ccccc4)c(-c4ccccc4)c3-c3ccccc3)c2)c1)c1ccccc1. The van der Waals surface area contributed by atoms with E-state index in [0.717, 1.165) is 50.1 Å². The first-order valence-corrected chi connectivity index (χ1v) is 18.5. The Hall–Kier alpha value is -6.55. The maximum absolute atomic E-state index is 8.89. The van der Waals surface area contributed by atoms with Gasteiger partial charge in [0.15, 0.2) is 0 Å². The van der Waals surface area contributed by atoms with Gasteiger partial charge in [-0.25, -0.2) is 0 Å². The molecule has 0 aliphatic rings. The molecule has 0 aliphatic heterocycles. The van der Waals surface area contributed by atoms with Gasteiger partial charge in [-0.15, -0.1) is 0 Å². The summed E-state index contributed by atoms with van der Waals surface area (Å²) in [5, 5.41) is 18.2. The molecule has 0 heterocycles. The van der Waals surface area contributed by atoms with Crippen molar-refractivity contribution >= 4 is 21.8 Å². The van der Waals surface area contributed by atoms with E-state index in [4.69, 9.17) is 10.8 Å². The van der Waals surface area contributed by atoms with E-state index in [1.807, 2.05) is 42.5 Å². The van der Waals surface area contributed by atoms with Crippen LogP contribution in [0.5, 0.6) is 0 Å². The van der Waals surface area contributed by atoms with Crippen LogP contribution >= 0.6 is 11.8 Å². The number of rotatable bonds is 8. The maximum atomic E-state index is 8.89. The minimum atomic E-state index is 0.347. The molecule has 8 aromatic carbocycles. The van der Waals surface area contributed by atoms with Crippen molar-refractivity contribution in [3.05, 3.63) is 217 Å². The quantitative estimate of drug-likeness (QED) is 0.121. The van der Waals surface area contributed by atoms with Gasteiger partial charge in [-0.2, -0.15) is 0 Å². The second-order valence-corrected chi connectivity index (χ2v) is 13.9. The molecule has 0 amide bonds. The van der Waals surface area contributed by atoms with E-state index in [2.05, 4.69) is 164 Å². The van der Waals surface area contributed by atoms with Gasteiger partial charge in [0, 0.05) is 11.1 Å². The summed E-state index contributed by atoms with van der Waals surface area (Å²) in [4.78, 5) is 0. The van der Waals surface area contributed by atoms with Crippen LogP contribution in [0.15, 0.2) is 206 Å². The first-order valence-electron chi connectivity index (χ1n) is 17.7. The van der Waals surface area contributed by atoms with Crippen LogP contribution in [0.25, 0.3) is 66.8 Å². The van der Waals surface area contributed by atoms with E-state index in [0.29, 0.717) is 10.1 Å². The van der Waals surface area contributed by atoms with Crippen molar-refractivity contribution < 1.29 is 0 Å². The minimum Gasteiger partial charge on any atom is -0.293 e. The van der Waals surface area contributed by atoms with E-state index in [1.54, 1.807) is 0 Å². The van der Waals surface area contributed by atoms with E-state index >= 15 is 0 Å². The molecule has 0 aromatic heterocycles. The summed E-state index contributed by atoms with van der Waals surface area (Å²) in [6, 6.07) is 71.8. The highest BCUT2D eigenvalue weighted by Gasteiger charge is 2.24. The summed E-state index contributed by atoms with van der Waals surface area (Å²) in [6.45, 7) is 0. The number of benzene rings is 8. The Balaban J connectivity index is 1.33. The molecule has 3 heteroatoms. The molecule has 8 rings (SSSR count). The molecule has 0 atom stereocenters. The van der Waals surface area contributed by atoms with Gasteiger partial charge in [-0.05, 0) is 85.0 Å². The molecule has 0 bridgehead atoms. The average molecular weight is 697 g/mol. The minimum absolute atomic E-state index is 0.347. The molecule has 0 saturated heterocycles. The largest absolute Gasteiger partial charge is 0.293 e. The Kier molecular flexibility index (Phi) is 9.74. The van der Waals surface area contributed by atoms with Crippen LogP contribution in [-0.2, 0) is 0 Å². The van der Waals surface area contributed by atoms with Crippen molar-refractivity contribution in [1.29, 1.82) is 10.8 Å². The zero-order chi connectivity index (χ0) is 36.0. The number of hydrogen-bond donors (Lipinski definition) is 2. The molecular formula is C50H36N2S. The van der Waals surface area contributed by atoms with Crippen LogP contribution in [0.2, 0.25) is 0 Å². The van der Waals surface area contributed by atoms with E-state index in [9.17, 15) is 0 Å². The lowest BCUT2D eigenvalue weighted by Crippen LogP contribution is -2.01. The lowest BCUT2D eigenvalue weighted by molar-refractivity contribution is 1.51. The van der Waals surface area contributed by atoms with Crippen LogP contribution in [0.1, 0.15) is 11.1 Å². The Morgan fingerprint density at radius 1 is 0.283 bits per heavy atom. The van der Waals surface area contributed by atoms with Crippen LogP contribution in [0.3, 0.4) is 0 Å². The lowest BCUT2D eigenvalue weighted by Gasteiger charge is -2.24. The molecule has 53 heavy (non-hydrogen) atoms. The molecule has 252 valence electrons. The summed E-state index contributed by atoms with van der Waals surface area (Å²) >= 11 is 1.17. The number of nitrogens with one attached hydrogen (secondary N) is 2. The normalized spacial score (nSPS) is 10.9. The monoisotopic (exact) mass is 696 g/mol. The number of hydrogen-bond acceptors (Lipinski definition) is 3. The molecule has 8 aromatic rings. The summed E-state index contributed by atoms with van der Waals surface area (Å²) in [5.74, 6) is 0. The fourth-order valence-corrected chi connectivity index (χ4v) is 7.68. The van der Waals surface area contributed by atoms with Crippen LogP contribution in [-0.4, -0.2) is 10.1 Å². The third-order valence-electron chi connectivity index (χ3n) is 9.47. The smallest absolute Gasteiger partial charge is 0.100 e. The van der Waals surface area contributed by atoms with E-state index < -0.39 is 0 Å². The van der Waals surface area contributed by atoms with E-state index in [1.165, 1.54) is 39.6 Å². The zero-order valence-corrected chi connectivity index (χ0v) is 29.9. The summed E-state index contributed by atoms with van der Waals surface area (Å²) < 4.78 is 0. The summed E-state index contributed by atoms with van der Waals surface area (Å²) in [6.07, 6.45) is 0. The zero-order valence-electron chi connectivity index (χ0n) is 29.0. The van der Waals surface area contributed by atoms with Crippen molar-refractivity contribution in [3.8, 4) is 66.8 Å². The van der Waals surface area contributed by atoms with Gasteiger partial charge in [-0.3, -0.25) is 10.8 Å². The summed E-state index contributed by atoms with van der Waals surface area (Å²) in [7, 11) is 0. The van der Waals surface area contributed by atoms with Crippen molar-refractivity contribution in [1.82, 2.24) is 0 Å². The van der Waals surface area contributed by atoms with Crippen molar-refractivity contribution in [3.63, 3.8) is 0 Å². The molecule has 2 N–H and O–H groups in total. The molecule has 2 nitrogen and oxygen atoms in total. The molecule has 0 spiro atoms. The van der Waals surface area contributed by atoms with Gasteiger partial charge >= 0.3 is 0 Å². The van der Waals surface area contributed by atoms with Crippen LogP contribution < -0.4 is 0 Å². The average Bonchev–Trinajstić information content (AvgIpc) is 3.24. The topological polar surface area (TPSA) is 47.7 Å². The molecule has 0 saturated carbocycles. The lowest BCUT2D eigenvalue weighted by atomic mass is 9.78. The van der Waals surface area contributed by atoms with Gasteiger partial charge < -0.3 is 0 Å². The Bertz CT molecular complexity index is 2530. The number of thioether (sulfide) groups is 1. The molecular weight excluding hydrogens is 661 g/mol. The Morgan fingerprint density at radius 3 is 1.19 bits per heavy atom. The third kappa shape index (κ3) is 7.16. The molecule has 0 radical (unpaired) electrons. The second-order valence-electron chi connectivity index (χ2n) is 12.8. The highest BCUT2D eigenvalue weighted by molar-refractivity contribution is 8.27. The van der Waals surface area contributed by atoms with Gasteiger partial charge in [-0.1, -0.05) is 200 Å². The van der Waals surface area contributed by atoms with Gasteiger partial charge in [0.2, 0.25) is 0 Å². The molecule has 0 unspecified atom stereocenters. The predicted molar refractivity (Wildman–Crippen MR) is 227 cm³/mol. The van der Waals surface area contributed by atoms with Crippen LogP contribution in [0, 0.1) is 10.8 Å². The Morgan fingerprint density at radius 2 is 0.642 bits per heavy atom. The van der Waals surface area contributed by atoms with Crippen LogP contribution in [0.4, 0.5) is 0 Å². The first-order chi connectivity index (χ1) is 26.1. The van der Waals surface area contributed by atoms with Crippen molar-refractivity contribution in [2.45, 2.75) is 0 Å². The molecule has 0 fully saturated rings. The van der Waals surface area contributed by atoms with Gasteiger partial charge in [0.25, 0.3) is 0 Å². The highest BCUT2D eigenvalue weighted by atomic mass is 32.2. The second kappa shape index (κ2) is 15.4. The van der Waals surface area contributed by atoms with Gasteiger partial charge in [0.05, 0.1) is 0 Å². The van der Waals surface area contributed by atoms with Crippen molar-refractivity contribution in [2.75, 3.05) is 0 Å². The van der Waals surface area contributed by atoms with E-state index in [-0.39, 0.29) is 0 Å². The maximum Gasteiger partial charge on any atom is 0.100 e. The standard InChI is InChI=1S/C50H36N2S/c51-49(39-26-14-5-15-27-39)53-50(52)43-31-17-29-41(33-43)40-28-16-30-42(32-40)45-34-44(35-18-6-1-7-19-35)46(36-20-8-2-9-21-36)48(38-24-12-4-13-25-38)47(45)37-22-10-3-11-23-37/h1-34,51-52H. The molecule has 0 aliphatic carbocycles. The predicted octanol–water partition coefficient (Wildman–Crippen LogP) is 13.8. The summed E-state index contributed by atoms with van der Waals surface area (Å²) in [5.41, 5.74) is 15.3. The first kappa shape index (κ1) is 33.6. The Labute approximate surface area is 315 Å². The highest BCUT2D eigenvalue weighted by Crippen LogP contribution is 2.50. The fraction of sp³-hybridized carbons (Fsp3) is 0.